The van der Waals surface area contributed by atoms with E-state index in [1.54, 1.807) is 32.1 Å². The van der Waals surface area contributed by atoms with Crippen LogP contribution in [0.4, 0.5) is 0 Å². The lowest BCUT2D eigenvalue weighted by Crippen LogP contribution is -2.49. The third-order valence-corrected chi connectivity index (χ3v) is 11.5. The Balaban J connectivity index is 1.29. The maximum atomic E-state index is 12.1. The van der Waals surface area contributed by atoms with Crippen molar-refractivity contribution in [3.8, 4) is 0 Å². The van der Waals surface area contributed by atoms with E-state index in [2.05, 4.69) is 27.7 Å². The Bertz CT molecular complexity index is 636. The molecule has 1 nitrogen and oxygen atoms in total. The first-order valence-corrected chi connectivity index (χ1v) is 12.9. The number of Topliss-reactive ketones (excluding diaryl/α,β-unsaturated/α-hetero) is 1. The minimum Gasteiger partial charge on any atom is -0.299 e. The fraction of sp³-hybridized carbons (Fsp3) is 0.963. The molecular formula is C27H44O. The number of carbonyl (C=O) groups excluding carboxylic acids is 1. The molecule has 28 heavy (non-hydrogen) atoms. The maximum absolute atomic E-state index is 12.1. The third kappa shape index (κ3) is 2.52. The number of hydrogen-bond acceptors (Lipinski definition) is 1. The highest BCUT2D eigenvalue weighted by Crippen LogP contribution is 2.85. The number of ketones is 1. The summed E-state index contributed by atoms with van der Waals surface area (Å²) in [5.41, 5.74) is 2.15. The zero-order chi connectivity index (χ0) is 19.7. The molecule has 2 spiro atoms. The van der Waals surface area contributed by atoms with E-state index in [4.69, 9.17) is 0 Å². The second-order valence-electron chi connectivity index (χ2n) is 12.5. The summed E-state index contributed by atoms with van der Waals surface area (Å²) in [7, 11) is 0. The van der Waals surface area contributed by atoms with Crippen LogP contribution in [-0.4, -0.2) is 5.78 Å². The van der Waals surface area contributed by atoms with Crippen LogP contribution in [0.1, 0.15) is 111 Å². The van der Waals surface area contributed by atoms with Gasteiger partial charge >= 0.3 is 0 Å². The van der Waals surface area contributed by atoms with Gasteiger partial charge < -0.3 is 0 Å². The fourth-order valence-electron chi connectivity index (χ4n) is 10.0. The number of hydrogen-bond donors (Lipinski definition) is 0. The highest BCUT2D eigenvalue weighted by atomic mass is 16.1. The summed E-state index contributed by atoms with van der Waals surface area (Å²) in [6.45, 7) is 9.37. The number of fused-ring (bicyclic) bond motifs is 2. The summed E-state index contributed by atoms with van der Waals surface area (Å²) < 4.78 is 0. The van der Waals surface area contributed by atoms with E-state index in [9.17, 15) is 4.79 Å². The molecule has 0 aliphatic heterocycles. The topological polar surface area (TPSA) is 17.1 Å². The molecule has 8 atom stereocenters. The lowest BCUT2D eigenvalue weighted by atomic mass is 9.48. The smallest absolute Gasteiger partial charge is 0.135 e. The van der Waals surface area contributed by atoms with Crippen molar-refractivity contribution >= 4 is 5.78 Å². The van der Waals surface area contributed by atoms with Crippen molar-refractivity contribution in [3.05, 3.63) is 0 Å². The van der Waals surface area contributed by atoms with Crippen LogP contribution in [0.25, 0.3) is 0 Å². The van der Waals surface area contributed by atoms with Gasteiger partial charge in [-0.05, 0) is 110 Å². The molecule has 0 heterocycles. The third-order valence-electron chi connectivity index (χ3n) is 11.5. The van der Waals surface area contributed by atoms with Gasteiger partial charge in [-0.2, -0.15) is 0 Å². The Labute approximate surface area is 173 Å². The lowest BCUT2D eigenvalue weighted by molar-refractivity contribution is -0.122. The number of carbonyl (C=O) groups is 1. The molecule has 0 radical (unpaired) electrons. The lowest BCUT2D eigenvalue weighted by Gasteiger charge is -2.56. The predicted molar refractivity (Wildman–Crippen MR) is 116 cm³/mol. The van der Waals surface area contributed by atoms with Gasteiger partial charge in [0.05, 0.1) is 0 Å². The molecule has 0 N–H and O–H groups in total. The van der Waals surface area contributed by atoms with Gasteiger partial charge in [-0.15, -0.1) is 0 Å². The van der Waals surface area contributed by atoms with Crippen molar-refractivity contribution in [1.29, 1.82) is 0 Å². The van der Waals surface area contributed by atoms with Crippen LogP contribution in [0.5, 0.6) is 0 Å². The molecule has 8 unspecified atom stereocenters. The summed E-state index contributed by atoms with van der Waals surface area (Å²) >= 11 is 0. The van der Waals surface area contributed by atoms with Crippen LogP contribution in [0.15, 0.2) is 0 Å². The van der Waals surface area contributed by atoms with Gasteiger partial charge in [0.1, 0.15) is 5.78 Å². The molecule has 5 aliphatic carbocycles. The maximum Gasteiger partial charge on any atom is 0.135 e. The average Bonchev–Trinajstić information content (AvgIpc) is 3.20. The second-order valence-corrected chi connectivity index (χ2v) is 12.5. The standard InChI is InChI=1S/C27H44O/c1-18(2)24(28)9-5-8-20-10-11-22-23-13-12-21-19(3)7-6-14-26(21)17-27(23,26)16-15-25(20,22)4/h18-23H,5-17H2,1-4H3. The molecule has 0 amide bonds. The predicted octanol–water partition coefficient (Wildman–Crippen LogP) is 7.43. The van der Waals surface area contributed by atoms with E-state index in [-0.39, 0.29) is 5.92 Å². The molecule has 0 bridgehead atoms. The Morgan fingerprint density at radius 2 is 1.64 bits per heavy atom. The zero-order valence-corrected chi connectivity index (χ0v) is 19.1. The van der Waals surface area contributed by atoms with Gasteiger partial charge in [0, 0.05) is 12.3 Å². The largest absolute Gasteiger partial charge is 0.299 e. The summed E-state index contributed by atoms with van der Waals surface area (Å²) in [5.74, 6) is 5.72. The Hall–Kier alpha value is -0.330. The van der Waals surface area contributed by atoms with E-state index in [1.807, 2.05) is 0 Å². The first kappa shape index (κ1) is 19.6. The molecule has 0 aromatic heterocycles. The molecule has 0 aromatic rings. The Morgan fingerprint density at radius 1 is 0.929 bits per heavy atom. The Morgan fingerprint density at radius 3 is 2.43 bits per heavy atom. The first-order valence-electron chi connectivity index (χ1n) is 12.9. The van der Waals surface area contributed by atoms with E-state index >= 15 is 0 Å². The van der Waals surface area contributed by atoms with E-state index in [0.29, 0.717) is 11.2 Å². The van der Waals surface area contributed by atoms with E-state index < -0.39 is 0 Å². The quantitative estimate of drug-likeness (QED) is 0.481. The van der Waals surface area contributed by atoms with Gasteiger partial charge in [0.25, 0.3) is 0 Å². The summed E-state index contributed by atoms with van der Waals surface area (Å²) in [6.07, 6.45) is 18.6. The fourth-order valence-corrected chi connectivity index (χ4v) is 10.0. The summed E-state index contributed by atoms with van der Waals surface area (Å²) in [5, 5.41) is 0. The SMILES string of the molecule is CC(C)C(=O)CCCC1CCC2C3CCC4C(C)CCCC45CC35CCC12C. The minimum absolute atomic E-state index is 0.223. The molecule has 5 fully saturated rings. The summed E-state index contributed by atoms with van der Waals surface area (Å²) in [6, 6.07) is 0. The normalized spacial score (nSPS) is 51.8. The van der Waals surface area contributed by atoms with Crippen molar-refractivity contribution < 1.29 is 4.79 Å². The van der Waals surface area contributed by atoms with Gasteiger partial charge in [-0.3, -0.25) is 4.79 Å². The average molecular weight is 385 g/mol. The van der Waals surface area contributed by atoms with Crippen LogP contribution in [0, 0.1) is 51.8 Å². The monoisotopic (exact) mass is 384 g/mol. The molecule has 5 saturated carbocycles. The van der Waals surface area contributed by atoms with Crippen LogP contribution < -0.4 is 0 Å². The molecule has 1 heteroatoms. The minimum atomic E-state index is 0.223. The second kappa shape index (κ2) is 6.58. The van der Waals surface area contributed by atoms with Crippen LogP contribution in [0.2, 0.25) is 0 Å². The zero-order valence-electron chi connectivity index (χ0n) is 19.1. The molecule has 158 valence electrons. The van der Waals surface area contributed by atoms with Crippen LogP contribution in [0.3, 0.4) is 0 Å². The van der Waals surface area contributed by atoms with Crippen molar-refractivity contribution in [3.63, 3.8) is 0 Å². The van der Waals surface area contributed by atoms with E-state index in [1.165, 1.54) is 38.5 Å². The number of rotatable bonds is 5. The highest BCUT2D eigenvalue weighted by Gasteiger charge is 2.78. The molecule has 5 rings (SSSR count). The molecular weight excluding hydrogens is 340 g/mol. The Kier molecular flexibility index (Phi) is 4.61. The van der Waals surface area contributed by atoms with E-state index in [0.717, 1.165) is 53.3 Å². The van der Waals surface area contributed by atoms with Gasteiger partial charge in [-0.25, -0.2) is 0 Å². The van der Waals surface area contributed by atoms with Crippen molar-refractivity contribution in [1.82, 2.24) is 0 Å². The van der Waals surface area contributed by atoms with Crippen LogP contribution >= 0.6 is 0 Å². The first-order chi connectivity index (χ1) is 13.3. The van der Waals surface area contributed by atoms with Crippen LogP contribution in [-0.2, 0) is 4.79 Å². The summed E-state index contributed by atoms with van der Waals surface area (Å²) in [4.78, 5) is 12.1. The van der Waals surface area contributed by atoms with Gasteiger partial charge in [0.2, 0.25) is 0 Å². The molecule has 5 aliphatic rings. The van der Waals surface area contributed by atoms with Crippen molar-refractivity contribution in [2.45, 2.75) is 111 Å². The molecule has 0 aromatic carbocycles. The van der Waals surface area contributed by atoms with Gasteiger partial charge in [0.15, 0.2) is 0 Å². The highest BCUT2D eigenvalue weighted by molar-refractivity contribution is 5.80. The molecule has 0 saturated heterocycles. The van der Waals surface area contributed by atoms with Gasteiger partial charge in [-0.1, -0.05) is 40.5 Å². The van der Waals surface area contributed by atoms with Crippen molar-refractivity contribution in [2.75, 3.05) is 0 Å². The van der Waals surface area contributed by atoms with Crippen molar-refractivity contribution in [2.24, 2.45) is 51.8 Å².